The van der Waals surface area contributed by atoms with Crippen LogP contribution in [0.4, 0.5) is 0 Å². The van der Waals surface area contributed by atoms with Crippen molar-refractivity contribution < 1.29 is 4.79 Å². The van der Waals surface area contributed by atoms with Gasteiger partial charge in [-0.1, -0.05) is 18.2 Å². The lowest BCUT2D eigenvalue weighted by Gasteiger charge is -1.96. The highest BCUT2D eigenvalue weighted by atomic mass is 35.5. The Kier molecular flexibility index (Phi) is 3.30. The number of carbonyl (C=O) groups is 1. The van der Waals surface area contributed by atoms with Crippen molar-refractivity contribution in [3.8, 4) is 0 Å². The largest absolute Gasteiger partial charge is 0.350 e. The highest BCUT2D eigenvalue weighted by Crippen LogP contribution is 2.21. The van der Waals surface area contributed by atoms with E-state index in [2.05, 4.69) is 0 Å². The molecule has 0 atom stereocenters. The Morgan fingerprint density at radius 3 is 2.88 bits per heavy atom. The number of halogens is 1. The average Bonchev–Trinajstić information content (AvgIpc) is 2.65. The molecule has 1 aromatic carbocycles. The van der Waals surface area contributed by atoms with Gasteiger partial charge in [0.25, 0.3) is 0 Å². The second-order valence-electron chi connectivity index (χ2n) is 3.89. The molecule has 1 aromatic heterocycles. The van der Waals surface area contributed by atoms with Gasteiger partial charge in [0.15, 0.2) is 5.78 Å². The quantitative estimate of drug-likeness (QED) is 0.588. The van der Waals surface area contributed by atoms with Crippen LogP contribution in [-0.2, 0) is 7.05 Å². The number of Topliss-reactive ketones (excluding diaryl/α,β-unsaturated/α-hetero) is 1. The highest BCUT2D eigenvalue weighted by molar-refractivity contribution is 6.18. The van der Waals surface area contributed by atoms with Crippen molar-refractivity contribution in [3.05, 3.63) is 36.0 Å². The van der Waals surface area contributed by atoms with E-state index in [0.717, 1.165) is 22.9 Å². The summed E-state index contributed by atoms with van der Waals surface area (Å²) in [4.78, 5) is 12.0. The van der Waals surface area contributed by atoms with E-state index in [1.807, 2.05) is 42.1 Å². The van der Waals surface area contributed by atoms with E-state index in [1.165, 1.54) is 0 Å². The minimum Gasteiger partial charge on any atom is -0.350 e. The SMILES string of the molecule is Cn1cc(C(=O)CCCCl)c2ccccc21. The molecule has 0 saturated heterocycles. The first kappa shape index (κ1) is 11.2. The Morgan fingerprint density at radius 1 is 1.38 bits per heavy atom. The molecule has 3 heteroatoms. The van der Waals surface area contributed by atoms with Gasteiger partial charge in [0, 0.05) is 42.0 Å². The van der Waals surface area contributed by atoms with E-state index in [-0.39, 0.29) is 5.78 Å². The van der Waals surface area contributed by atoms with Crippen molar-refractivity contribution in [3.63, 3.8) is 0 Å². The van der Waals surface area contributed by atoms with Gasteiger partial charge >= 0.3 is 0 Å². The summed E-state index contributed by atoms with van der Waals surface area (Å²) < 4.78 is 1.99. The number of aryl methyl sites for hydroxylation is 1. The van der Waals surface area contributed by atoms with Gasteiger partial charge in [-0.25, -0.2) is 0 Å². The number of para-hydroxylation sites is 1. The summed E-state index contributed by atoms with van der Waals surface area (Å²) in [5.41, 5.74) is 1.90. The molecule has 0 aliphatic rings. The Balaban J connectivity index is 2.41. The van der Waals surface area contributed by atoms with E-state index in [1.54, 1.807) is 0 Å². The monoisotopic (exact) mass is 235 g/mol. The zero-order valence-electron chi connectivity index (χ0n) is 9.24. The zero-order valence-corrected chi connectivity index (χ0v) is 10.00. The molecule has 2 aromatic rings. The Labute approximate surface area is 99.8 Å². The van der Waals surface area contributed by atoms with Crippen LogP contribution in [0.15, 0.2) is 30.5 Å². The molecule has 0 spiro atoms. The summed E-state index contributed by atoms with van der Waals surface area (Å²) in [5, 5.41) is 1.03. The van der Waals surface area contributed by atoms with Crippen LogP contribution in [-0.4, -0.2) is 16.2 Å². The Bertz CT molecular complexity index is 516. The van der Waals surface area contributed by atoms with Crippen molar-refractivity contribution in [1.82, 2.24) is 4.57 Å². The number of ketones is 1. The molecule has 0 N–H and O–H groups in total. The molecule has 16 heavy (non-hydrogen) atoms. The van der Waals surface area contributed by atoms with Gasteiger partial charge in [-0.2, -0.15) is 0 Å². The molecule has 0 bridgehead atoms. The van der Waals surface area contributed by atoms with Gasteiger partial charge < -0.3 is 4.57 Å². The molecule has 0 aliphatic heterocycles. The maximum absolute atomic E-state index is 12.0. The van der Waals surface area contributed by atoms with E-state index in [9.17, 15) is 4.79 Å². The second-order valence-corrected chi connectivity index (χ2v) is 4.26. The molecule has 0 aliphatic carbocycles. The number of hydrogen-bond donors (Lipinski definition) is 0. The first-order valence-electron chi connectivity index (χ1n) is 5.37. The third kappa shape index (κ3) is 1.98. The molecular formula is C13H14ClNO. The number of hydrogen-bond acceptors (Lipinski definition) is 1. The first-order chi connectivity index (χ1) is 7.74. The topological polar surface area (TPSA) is 22.0 Å². The van der Waals surface area contributed by atoms with Crippen molar-refractivity contribution in [2.24, 2.45) is 7.05 Å². The van der Waals surface area contributed by atoms with Crippen molar-refractivity contribution in [2.45, 2.75) is 12.8 Å². The molecular weight excluding hydrogens is 222 g/mol. The highest BCUT2D eigenvalue weighted by Gasteiger charge is 2.12. The fourth-order valence-electron chi connectivity index (χ4n) is 1.93. The number of rotatable bonds is 4. The maximum Gasteiger partial charge on any atom is 0.165 e. The molecule has 1 heterocycles. The van der Waals surface area contributed by atoms with E-state index in [4.69, 9.17) is 11.6 Å². The van der Waals surface area contributed by atoms with Crippen LogP contribution in [0.3, 0.4) is 0 Å². The zero-order chi connectivity index (χ0) is 11.5. The van der Waals surface area contributed by atoms with Crippen LogP contribution in [0.1, 0.15) is 23.2 Å². The predicted octanol–water partition coefficient (Wildman–Crippen LogP) is 3.38. The van der Waals surface area contributed by atoms with Crippen LogP contribution in [0.25, 0.3) is 10.9 Å². The average molecular weight is 236 g/mol. The molecule has 0 radical (unpaired) electrons. The van der Waals surface area contributed by atoms with Gasteiger partial charge in [-0.05, 0) is 12.5 Å². The van der Waals surface area contributed by atoms with Gasteiger partial charge in [-0.3, -0.25) is 4.79 Å². The number of alkyl halides is 1. The summed E-state index contributed by atoms with van der Waals surface area (Å²) in [6.45, 7) is 0. The molecule has 84 valence electrons. The lowest BCUT2D eigenvalue weighted by Crippen LogP contribution is -1.98. The first-order valence-corrected chi connectivity index (χ1v) is 5.90. The minimum absolute atomic E-state index is 0.178. The molecule has 2 rings (SSSR count). The van der Waals surface area contributed by atoms with E-state index in [0.29, 0.717) is 12.3 Å². The summed E-state index contributed by atoms with van der Waals surface area (Å²) in [6.07, 6.45) is 3.17. The minimum atomic E-state index is 0.178. The fourth-order valence-corrected chi connectivity index (χ4v) is 2.06. The standard InChI is InChI=1S/C13H14ClNO/c1-15-9-11(13(16)7-4-8-14)10-5-2-3-6-12(10)15/h2-3,5-6,9H,4,7-8H2,1H3. The van der Waals surface area contributed by atoms with Crippen LogP contribution in [0.2, 0.25) is 0 Å². The van der Waals surface area contributed by atoms with Gasteiger partial charge in [-0.15, -0.1) is 11.6 Å². The van der Waals surface area contributed by atoms with Crippen LogP contribution < -0.4 is 0 Å². The number of carbonyl (C=O) groups excluding carboxylic acids is 1. The normalized spacial score (nSPS) is 10.9. The number of fused-ring (bicyclic) bond motifs is 1. The maximum atomic E-state index is 12.0. The molecule has 0 saturated carbocycles. The van der Waals surface area contributed by atoms with Crippen LogP contribution in [0.5, 0.6) is 0 Å². The van der Waals surface area contributed by atoms with E-state index >= 15 is 0 Å². The summed E-state index contributed by atoms with van der Waals surface area (Å²) in [5.74, 6) is 0.716. The van der Waals surface area contributed by atoms with Crippen LogP contribution in [0, 0.1) is 0 Å². The smallest absolute Gasteiger partial charge is 0.165 e. The Hall–Kier alpha value is -1.28. The third-order valence-corrected chi connectivity index (χ3v) is 3.00. The van der Waals surface area contributed by atoms with Crippen LogP contribution >= 0.6 is 11.6 Å². The number of benzene rings is 1. The fraction of sp³-hybridized carbons (Fsp3) is 0.308. The second kappa shape index (κ2) is 4.71. The molecule has 0 amide bonds. The number of nitrogens with zero attached hydrogens (tertiary/aromatic N) is 1. The third-order valence-electron chi connectivity index (χ3n) is 2.73. The molecule has 0 fully saturated rings. The Morgan fingerprint density at radius 2 is 2.12 bits per heavy atom. The van der Waals surface area contributed by atoms with E-state index < -0.39 is 0 Å². The molecule has 2 nitrogen and oxygen atoms in total. The summed E-state index contributed by atoms with van der Waals surface area (Å²) in [7, 11) is 1.96. The summed E-state index contributed by atoms with van der Waals surface area (Å²) >= 11 is 5.60. The number of aromatic nitrogens is 1. The van der Waals surface area contributed by atoms with Crippen molar-refractivity contribution in [2.75, 3.05) is 5.88 Å². The van der Waals surface area contributed by atoms with Gasteiger partial charge in [0.1, 0.15) is 0 Å². The predicted molar refractivity (Wildman–Crippen MR) is 67.2 cm³/mol. The molecule has 0 unspecified atom stereocenters. The lowest BCUT2D eigenvalue weighted by atomic mass is 10.1. The van der Waals surface area contributed by atoms with Crippen molar-refractivity contribution >= 4 is 28.3 Å². The van der Waals surface area contributed by atoms with Gasteiger partial charge in [0.05, 0.1) is 0 Å². The van der Waals surface area contributed by atoms with Crippen molar-refractivity contribution in [1.29, 1.82) is 0 Å². The summed E-state index contributed by atoms with van der Waals surface area (Å²) in [6, 6.07) is 7.95. The van der Waals surface area contributed by atoms with Gasteiger partial charge in [0.2, 0.25) is 0 Å². The lowest BCUT2D eigenvalue weighted by molar-refractivity contribution is 0.0983.